The van der Waals surface area contributed by atoms with Gasteiger partial charge in [0.05, 0.1) is 12.1 Å². The van der Waals surface area contributed by atoms with E-state index in [9.17, 15) is 9.59 Å². The molecule has 0 radical (unpaired) electrons. The molecule has 3 N–H and O–H groups in total. The first-order valence-corrected chi connectivity index (χ1v) is 10.2. The van der Waals surface area contributed by atoms with Crippen LogP contribution in [0, 0.1) is 0 Å². The molecule has 0 spiro atoms. The molecule has 3 rings (SSSR count). The number of carbonyl (C=O) groups excluding carboxylic acids is 2. The molecule has 6 heteroatoms. The molecule has 1 saturated carbocycles. The summed E-state index contributed by atoms with van der Waals surface area (Å²) in [7, 11) is 0. The summed E-state index contributed by atoms with van der Waals surface area (Å²) < 4.78 is 5.17. The summed E-state index contributed by atoms with van der Waals surface area (Å²) in [5.74, 6) is -0.667. The van der Waals surface area contributed by atoms with Crippen LogP contribution in [-0.2, 0) is 20.7 Å². The Morgan fingerprint density at radius 3 is 2.56 bits per heavy atom. The summed E-state index contributed by atoms with van der Waals surface area (Å²) >= 11 is 1.62. The number of nitrogens with one attached hydrogen (secondary N) is 1. The monoisotopic (exact) mass is 386 g/mol. The van der Waals surface area contributed by atoms with Gasteiger partial charge in [-0.15, -0.1) is 11.3 Å². The molecule has 0 aliphatic heterocycles. The fourth-order valence-electron chi connectivity index (χ4n) is 3.42. The van der Waals surface area contributed by atoms with E-state index in [2.05, 4.69) is 17.4 Å². The molecule has 1 amide bonds. The van der Waals surface area contributed by atoms with Gasteiger partial charge >= 0.3 is 5.97 Å². The SMILES string of the molecule is CCOC(=O)C(Cc1ccc(-c2ccccc2)s1)NC(=O)C1(N)CCCC1. The average molecular weight is 387 g/mol. The maximum absolute atomic E-state index is 12.7. The predicted octanol–water partition coefficient (Wildman–Crippen LogP) is 3.28. The van der Waals surface area contributed by atoms with Crippen LogP contribution < -0.4 is 11.1 Å². The van der Waals surface area contributed by atoms with Crippen LogP contribution in [0.5, 0.6) is 0 Å². The van der Waals surface area contributed by atoms with Crippen LogP contribution in [0.25, 0.3) is 10.4 Å². The number of hydrogen-bond donors (Lipinski definition) is 2. The highest BCUT2D eigenvalue weighted by atomic mass is 32.1. The number of benzene rings is 1. The predicted molar refractivity (Wildman–Crippen MR) is 107 cm³/mol. The minimum atomic E-state index is -0.866. The van der Waals surface area contributed by atoms with Crippen molar-refractivity contribution < 1.29 is 14.3 Å². The van der Waals surface area contributed by atoms with E-state index < -0.39 is 17.6 Å². The number of carbonyl (C=O) groups is 2. The lowest BCUT2D eigenvalue weighted by atomic mass is 9.97. The molecule has 1 heterocycles. The molecule has 1 aromatic heterocycles. The van der Waals surface area contributed by atoms with Crippen molar-refractivity contribution in [1.29, 1.82) is 0 Å². The van der Waals surface area contributed by atoms with Crippen LogP contribution in [0.15, 0.2) is 42.5 Å². The summed E-state index contributed by atoms with van der Waals surface area (Å²) in [5, 5.41) is 2.85. The summed E-state index contributed by atoms with van der Waals surface area (Å²) in [6.45, 7) is 2.04. The van der Waals surface area contributed by atoms with Crippen LogP contribution in [0.3, 0.4) is 0 Å². The van der Waals surface area contributed by atoms with Gasteiger partial charge in [0.1, 0.15) is 6.04 Å². The van der Waals surface area contributed by atoms with Gasteiger partial charge in [0.25, 0.3) is 0 Å². The average Bonchev–Trinajstić information content (AvgIpc) is 3.32. The van der Waals surface area contributed by atoms with Crippen molar-refractivity contribution >= 4 is 23.2 Å². The molecule has 2 aromatic rings. The summed E-state index contributed by atoms with van der Waals surface area (Å²) in [6, 6.07) is 13.4. The van der Waals surface area contributed by atoms with E-state index in [4.69, 9.17) is 10.5 Å². The van der Waals surface area contributed by atoms with Crippen molar-refractivity contribution in [1.82, 2.24) is 5.32 Å². The highest BCUT2D eigenvalue weighted by Crippen LogP contribution is 2.30. The molecular formula is C21H26N2O3S. The molecule has 0 saturated heterocycles. The lowest BCUT2D eigenvalue weighted by Gasteiger charge is -2.25. The van der Waals surface area contributed by atoms with Crippen LogP contribution in [-0.4, -0.2) is 30.1 Å². The number of esters is 1. The van der Waals surface area contributed by atoms with E-state index >= 15 is 0 Å². The van der Waals surface area contributed by atoms with Crippen LogP contribution in [0.4, 0.5) is 0 Å². The highest BCUT2D eigenvalue weighted by Gasteiger charge is 2.39. The van der Waals surface area contributed by atoms with Crippen LogP contribution in [0.1, 0.15) is 37.5 Å². The Morgan fingerprint density at radius 2 is 1.89 bits per heavy atom. The quantitative estimate of drug-likeness (QED) is 0.716. The normalized spacial score (nSPS) is 16.7. The molecule has 1 aromatic carbocycles. The largest absolute Gasteiger partial charge is 0.464 e. The van der Waals surface area contributed by atoms with Gasteiger partial charge in [-0.2, -0.15) is 0 Å². The van der Waals surface area contributed by atoms with Gasteiger partial charge in [0.2, 0.25) is 5.91 Å². The third-order valence-electron chi connectivity index (χ3n) is 4.95. The zero-order valence-electron chi connectivity index (χ0n) is 15.6. The topological polar surface area (TPSA) is 81.4 Å². The van der Waals surface area contributed by atoms with E-state index in [0.717, 1.165) is 28.2 Å². The molecule has 1 aliphatic carbocycles. The van der Waals surface area contributed by atoms with Crippen molar-refractivity contribution in [2.75, 3.05) is 6.61 Å². The minimum Gasteiger partial charge on any atom is -0.464 e. The first kappa shape index (κ1) is 19.6. The Morgan fingerprint density at radius 1 is 1.19 bits per heavy atom. The highest BCUT2D eigenvalue weighted by molar-refractivity contribution is 7.15. The van der Waals surface area contributed by atoms with Crippen molar-refractivity contribution in [3.8, 4) is 10.4 Å². The van der Waals surface area contributed by atoms with Gasteiger partial charge in [-0.3, -0.25) is 4.79 Å². The fraction of sp³-hybridized carbons (Fsp3) is 0.429. The van der Waals surface area contributed by atoms with Gasteiger partial charge in [-0.25, -0.2) is 4.79 Å². The molecule has 1 atom stereocenters. The van der Waals surface area contributed by atoms with E-state index in [-0.39, 0.29) is 12.5 Å². The van der Waals surface area contributed by atoms with Crippen molar-refractivity contribution in [3.63, 3.8) is 0 Å². The Kier molecular flexibility index (Phi) is 6.29. The van der Waals surface area contributed by atoms with Crippen molar-refractivity contribution in [3.05, 3.63) is 47.3 Å². The van der Waals surface area contributed by atoms with E-state index in [1.165, 1.54) is 0 Å². The molecule has 1 unspecified atom stereocenters. The second-order valence-corrected chi connectivity index (χ2v) is 8.15. The van der Waals surface area contributed by atoms with E-state index in [1.54, 1.807) is 18.3 Å². The maximum Gasteiger partial charge on any atom is 0.329 e. The lowest BCUT2D eigenvalue weighted by molar-refractivity contribution is -0.148. The Labute approximate surface area is 163 Å². The fourth-order valence-corrected chi connectivity index (χ4v) is 4.48. The van der Waals surface area contributed by atoms with Crippen LogP contribution >= 0.6 is 11.3 Å². The van der Waals surface area contributed by atoms with E-state index in [1.807, 2.05) is 30.3 Å². The molecule has 1 aliphatic rings. The number of amides is 1. The van der Waals surface area contributed by atoms with Gasteiger partial charge in [-0.05, 0) is 37.5 Å². The van der Waals surface area contributed by atoms with Gasteiger partial charge < -0.3 is 15.8 Å². The number of nitrogens with two attached hydrogens (primary N) is 1. The number of hydrogen-bond acceptors (Lipinski definition) is 5. The number of thiophene rings is 1. The summed E-state index contributed by atoms with van der Waals surface area (Å²) in [5.41, 5.74) is 6.51. The third-order valence-corrected chi connectivity index (χ3v) is 6.11. The molecule has 1 fully saturated rings. The molecule has 144 valence electrons. The minimum absolute atomic E-state index is 0.252. The lowest BCUT2D eigenvalue weighted by Crippen LogP contribution is -2.56. The van der Waals surface area contributed by atoms with Gasteiger partial charge in [-0.1, -0.05) is 43.2 Å². The molecular weight excluding hydrogens is 360 g/mol. The summed E-state index contributed by atoms with van der Waals surface area (Å²) in [4.78, 5) is 27.2. The van der Waals surface area contributed by atoms with Crippen molar-refractivity contribution in [2.24, 2.45) is 5.73 Å². The van der Waals surface area contributed by atoms with Gasteiger partial charge in [0.15, 0.2) is 0 Å². The smallest absolute Gasteiger partial charge is 0.329 e. The first-order valence-electron chi connectivity index (χ1n) is 9.42. The zero-order chi connectivity index (χ0) is 19.3. The Balaban J connectivity index is 1.73. The Bertz CT molecular complexity index is 782. The van der Waals surface area contributed by atoms with Crippen LogP contribution in [0.2, 0.25) is 0 Å². The number of rotatable bonds is 7. The summed E-state index contributed by atoms with van der Waals surface area (Å²) in [6.07, 6.45) is 3.61. The standard InChI is InChI=1S/C21H26N2O3S/c1-2-26-19(24)17(23-20(25)21(22)12-6-7-13-21)14-16-10-11-18(27-16)15-8-4-3-5-9-15/h3-5,8-11,17H,2,6-7,12-14,22H2,1H3,(H,23,25). The zero-order valence-corrected chi connectivity index (χ0v) is 16.4. The second kappa shape index (κ2) is 8.67. The van der Waals surface area contributed by atoms with Crippen molar-refractivity contribution in [2.45, 2.75) is 50.6 Å². The first-order chi connectivity index (χ1) is 13.0. The molecule has 0 bridgehead atoms. The Hall–Kier alpha value is -2.18. The molecule has 5 nitrogen and oxygen atoms in total. The van der Waals surface area contributed by atoms with E-state index in [0.29, 0.717) is 19.3 Å². The third kappa shape index (κ3) is 4.76. The molecule has 27 heavy (non-hydrogen) atoms. The number of ether oxygens (including phenoxy) is 1. The second-order valence-electron chi connectivity index (χ2n) is 6.98. The maximum atomic E-state index is 12.7. The van der Waals surface area contributed by atoms with Gasteiger partial charge in [0, 0.05) is 16.2 Å².